The largest absolute Gasteiger partial charge is 0.355 e. The van der Waals surface area contributed by atoms with Gasteiger partial charge in [0.05, 0.1) is 12.5 Å². The van der Waals surface area contributed by atoms with Crippen molar-refractivity contribution in [3.05, 3.63) is 46.5 Å². The molecular weight excluding hydrogens is 311 g/mol. The summed E-state index contributed by atoms with van der Waals surface area (Å²) in [5.74, 6) is -0.192. The van der Waals surface area contributed by atoms with Crippen molar-refractivity contribution in [1.29, 1.82) is 0 Å². The van der Waals surface area contributed by atoms with Gasteiger partial charge in [0.2, 0.25) is 5.91 Å². The SMILES string of the molecule is CC(Cn1cncn1)C(=O)NCCc1ccc(Cl)cc1Cl. The molecule has 1 atom stereocenters. The lowest BCUT2D eigenvalue weighted by molar-refractivity contribution is -0.124. The van der Waals surface area contributed by atoms with E-state index in [0.29, 0.717) is 29.6 Å². The molecule has 0 fully saturated rings. The minimum Gasteiger partial charge on any atom is -0.355 e. The highest BCUT2D eigenvalue weighted by molar-refractivity contribution is 6.35. The van der Waals surface area contributed by atoms with Crippen LogP contribution in [0.2, 0.25) is 10.0 Å². The van der Waals surface area contributed by atoms with Crippen molar-refractivity contribution < 1.29 is 4.79 Å². The van der Waals surface area contributed by atoms with Crippen molar-refractivity contribution in [3.63, 3.8) is 0 Å². The average Bonchev–Trinajstić information content (AvgIpc) is 2.94. The molecular formula is C14H16Cl2N4O. The highest BCUT2D eigenvalue weighted by Gasteiger charge is 2.13. The summed E-state index contributed by atoms with van der Waals surface area (Å²) < 4.78 is 1.64. The summed E-state index contributed by atoms with van der Waals surface area (Å²) in [7, 11) is 0. The van der Waals surface area contributed by atoms with Crippen LogP contribution in [0.3, 0.4) is 0 Å². The number of carbonyl (C=O) groups excluding carboxylic acids is 1. The van der Waals surface area contributed by atoms with Gasteiger partial charge in [-0.15, -0.1) is 0 Å². The van der Waals surface area contributed by atoms with E-state index in [0.717, 1.165) is 5.56 Å². The highest BCUT2D eigenvalue weighted by atomic mass is 35.5. The molecule has 0 saturated carbocycles. The van der Waals surface area contributed by atoms with Gasteiger partial charge in [-0.3, -0.25) is 9.48 Å². The Labute approximate surface area is 133 Å². The van der Waals surface area contributed by atoms with E-state index in [9.17, 15) is 4.79 Å². The van der Waals surface area contributed by atoms with Gasteiger partial charge in [-0.2, -0.15) is 5.10 Å². The maximum absolute atomic E-state index is 12.0. The van der Waals surface area contributed by atoms with Gasteiger partial charge in [-0.05, 0) is 24.1 Å². The fraction of sp³-hybridized carbons (Fsp3) is 0.357. The Kier molecular flexibility index (Phi) is 5.59. The number of amides is 1. The topological polar surface area (TPSA) is 59.8 Å². The monoisotopic (exact) mass is 326 g/mol. The van der Waals surface area contributed by atoms with Gasteiger partial charge in [0.1, 0.15) is 12.7 Å². The van der Waals surface area contributed by atoms with Crippen molar-refractivity contribution >= 4 is 29.1 Å². The zero-order valence-electron chi connectivity index (χ0n) is 11.6. The summed E-state index contributed by atoms with van der Waals surface area (Å²) in [6.45, 7) is 2.89. The fourth-order valence-electron chi connectivity index (χ4n) is 1.91. The van der Waals surface area contributed by atoms with E-state index in [4.69, 9.17) is 23.2 Å². The Bertz CT molecular complexity index is 601. The fourth-order valence-corrected chi connectivity index (χ4v) is 2.41. The first kappa shape index (κ1) is 15.8. The van der Waals surface area contributed by atoms with Crippen LogP contribution in [0.1, 0.15) is 12.5 Å². The Balaban J connectivity index is 1.78. The molecule has 0 aliphatic heterocycles. The predicted molar refractivity (Wildman–Crippen MR) is 82.4 cm³/mol. The molecule has 1 amide bonds. The van der Waals surface area contributed by atoms with Crippen LogP contribution in [0.4, 0.5) is 0 Å². The number of nitrogens with one attached hydrogen (secondary N) is 1. The van der Waals surface area contributed by atoms with Gasteiger partial charge in [0.25, 0.3) is 0 Å². The van der Waals surface area contributed by atoms with E-state index < -0.39 is 0 Å². The second-order valence-electron chi connectivity index (χ2n) is 4.80. The first-order valence-electron chi connectivity index (χ1n) is 6.60. The minimum absolute atomic E-state index is 0.0180. The normalized spacial score (nSPS) is 12.1. The third-order valence-corrected chi connectivity index (χ3v) is 3.67. The van der Waals surface area contributed by atoms with Gasteiger partial charge < -0.3 is 5.32 Å². The van der Waals surface area contributed by atoms with Crippen LogP contribution < -0.4 is 5.32 Å². The quantitative estimate of drug-likeness (QED) is 0.887. The molecule has 2 aromatic rings. The molecule has 1 unspecified atom stereocenters. The lowest BCUT2D eigenvalue weighted by Gasteiger charge is -2.12. The van der Waals surface area contributed by atoms with E-state index in [-0.39, 0.29) is 11.8 Å². The third-order valence-electron chi connectivity index (χ3n) is 3.08. The zero-order chi connectivity index (χ0) is 15.2. The number of nitrogens with zero attached hydrogens (tertiary/aromatic N) is 3. The minimum atomic E-state index is -0.174. The van der Waals surface area contributed by atoms with Gasteiger partial charge in [-0.1, -0.05) is 36.2 Å². The number of hydrogen-bond donors (Lipinski definition) is 1. The number of benzene rings is 1. The van der Waals surface area contributed by atoms with E-state index in [1.165, 1.54) is 6.33 Å². The average molecular weight is 327 g/mol. The summed E-state index contributed by atoms with van der Waals surface area (Å²) in [4.78, 5) is 15.8. The number of carbonyl (C=O) groups is 1. The maximum Gasteiger partial charge on any atom is 0.224 e. The van der Waals surface area contributed by atoms with Crippen molar-refractivity contribution in [3.8, 4) is 0 Å². The van der Waals surface area contributed by atoms with E-state index in [1.807, 2.05) is 13.0 Å². The predicted octanol–water partition coefficient (Wildman–Crippen LogP) is 2.58. The molecule has 0 bridgehead atoms. The molecule has 21 heavy (non-hydrogen) atoms. The molecule has 1 heterocycles. The van der Waals surface area contributed by atoms with Crippen LogP contribution in [-0.4, -0.2) is 27.2 Å². The number of hydrogen-bond acceptors (Lipinski definition) is 3. The molecule has 7 heteroatoms. The summed E-state index contributed by atoms with van der Waals surface area (Å²) in [6.07, 6.45) is 3.71. The smallest absolute Gasteiger partial charge is 0.224 e. The Hall–Kier alpha value is -1.59. The summed E-state index contributed by atoms with van der Waals surface area (Å²) >= 11 is 11.9. The molecule has 112 valence electrons. The second kappa shape index (κ2) is 7.43. The Morgan fingerprint density at radius 2 is 2.24 bits per heavy atom. The standard InChI is InChI=1S/C14H16Cl2N4O/c1-10(7-20-9-17-8-19-20)14(21)18-5-4-11-2-3-12(15)6-13(11)16/h2-3,6,8-10H,4-5,7H2,1H3,(H,18,21). The molecule has 2 rings (SSSR count). The second-order valence-corrected chi connectivity index (χ2v) is 5.64. The summed E-state index contributed by atoms with van der Waals surface area (Å²) in [5.41, 5.74) is 0.963. The highest BCUT2D eigenvalue weighted by Crippen LogP contribution is 2.21. The molecule has 0 radical (unpaired) electrons. The first-order chi connectivity index (χ1) is 10.1. The number of rotatable bonds is 6. The van der Waals surface area contributed by atoms with Crippen LogP contribution >= 0.6 is 23.2 Å². The van der Waals surface area contributed by atoms with Crippen molar-refractivity contribution in [2.45, 2.75) is 19.9 Å². The van der Waals surface area contributed by atoms with Crippen LogP contribution in [0.25, 0.3) is 0 Å². The van der Waals surface area contributed by atoms with Gasteiger partial charge in [0.15, 0.2) is 0 Å². The van der Waals surface area contributed by atoms with Gasteiger partial charge in [-0.25, -0.2) is 4.98 Å². The summed E-state index contributed by atoms with van der Waals surface area (Å²) in [5, 5.41) is 8.10. The molecule has 1 aromatic heterocycles. The molecule has 5 nitrogen and oxygen atoms in total. The maximum atomic E-state index is 12.0. The van der Waals surface area contributed by atoms with Crippen LogP contribution in [-0.2, 0) is 17.8 Å². The first-order valence-corrected chi connectivity index (χ1v) is 7.36. The van der Waals surface area contributed by atoms with Crippen LogP contribution in [0.5, 0.6) is 0 Å². The van der Waals surface area contributed by atoms with Crippen molar-refractivity contribution in [2.75, 3.05) is 6.54 Å². The lowest BCUT2D eigenvalue weighted by Crippen LogP contribution is -2.33. The van der Waals surface area contributed by atoms with Crippen LogP contribution in [0, 0.1) is 5.92 Å². The lowest BCUT2D eigenvalue weighted by atomic mass is 10.1. The Morgan fingerprint density at radius 3 is 2.90 bits per heavy atom. The molecule has 0 spiro atoms. The van der Waals surface area contributed by atoms with E-state index in [2.05, 4.69) is 15.4 Å². The zero-order valence-corrected chi connectivity index (χ0v) is 13.1. The molecule has 0 aliphatic carbocycles. The molecule has 1 N–H and O–H groups in total. The van der Waals surface area contributed by atoms with E-state index in [1.54, 1.807) is 23.1 Å². The van der Waals surface area contributed by atoms with Gasteiger partial charge >= 0.3 is 0 Å². The van der Waals surface area contributed by atoms with Crippen molar-refractivity contribution in [1.82, 2.24) is 20.1 Å². The molecule has 0 saturated heterocycles. The molecule has 0 aliphatic rings. The number of aromatic nitrogens is 3. The van der Waals surface area contributed by atoms with E-state index >= 15 is 0 Å². The third kappa shape index (κ3) is 4.72. The van der Waals surface area contributed by atoms with Gasteiger partial charge in [0, 0.05) is 16.6 Å². The van der Waals surface area contributed by atoms with Crippen molar-refractivity contribution in [2.24, 2.45) is 5.92 Å². The van der Waals surface area contributed by atoms with Crippen LogP contribution in [0.15, 0.2) is 30.9 Å². The Morgan fingerprint density at radius 1 is 1.43 bits per heavy atom. The summed E-state index contributed by atoms with van der Waals surface area (Å²) in [6, 6.07) is 5.36. The number of halogens is 2. The molecule has 1 aromatic carbocycles.